The third-order valence-corrected chi connectivity index (χ3v) is 3.00. The molecule has 0 aromatic carbocycles. The van der Waals surface area contributed by atoms with Crippen LogP contribution in [0, 0.1) is 13.8 Å². The SMILES string of the molecule is Cc1nn(Cc2ccc(C(=O)OC(C)(C)C)o2)c(C)c1N. The van der Waals surface area contributed by atoms with Crippen molar-refractivity contribution in [3.63, 3.8) is 0 Å². The Kier molecular flexibility index (Phi) is 3.80. The fourth-order valence-electron chi connectivity index (χ4n) is 1.91. The van der Waals surface area contributed by atoms with E-state index in [1.165, 1.54) is 0 Å². The number of nitrogens with two attached hydrogens (primary N) is 1. The standard InChI is InChI=1S/C15H21N3O3/c1-9-13(16)10(2)18(17-9)8-11-6-7-12(20-11)14(19)21-15(3,4)5/h6-7H,8,16H2,1-5H3. The molecule has 0 bridgehead atoms. The number of carbonyl (C=O) groups excluding carboxylic acids is 1. The number of nitrogen functional groups attached to an aromatic ring is 1. The number of aryl methyl sites for hydroxylation is 1. The number of rotatable bonds is 3. The van der Waals surface area contributed by atoms with E-state index in [4.69, 9.17) is 14.9 Å². The molecule has 2 rings (SSSR count). The lowest BCUT2D eigenvalue weighted by Gasteiger charge is -2.18. The van der Waals surface area contributed by atoms with Crippen LogP contribution in [0.2, 0.25) is 0 Å². The van der Waals surface area contributed by atoms with Gasteiger partial charge < -0.3 is 14.9 Å². The molecule has 0 aliphatic carbocycles. The van der Waals surface area contributed by atoms with Crippen LogP contribution < -0.4 is 5.73 Å². The van der Waals surface area contributed by atoms with E-state index in [-0.39, 0.29) is 5.76 Å². The highest BCUT2D eigenvalue weighted by molar-refractivity contribution is 5.86. The van der Waals surface area contributed by atoms with Gasteiger partial charge in [0.25, 0.3) is 0 Å². The summed E-state index contributed by atoms with van der Waals surface area (Å²) in [5, 5.41) is 4.33. The molecule has 2 aromatic rings. The molecule has 0 aliphatic heterocycles. The maximum absolute atomic E-state index is 11.9. The quantitative estimate of drug-likeness (QED) is 0.879. The first-order valence-electron chi connectivity index (χ1n) is 6.79. The average Bonchev–Trinajstić information content (AvgIpc) is 2.90. The molecule has 0 radical (unpaired) electrons. The monoisotopic (exact) mass is 291 g/mol. The van der Waals surface area contributed by atoms with E-state index in [1.54, 1.807) is 16.8 Å². The van der Waals surface area contributed by atoms with Crippen LogP contribution in [0.3, 0.4) is 0 Å². The van der Waals surface area contributed by atoms with Crippen LogP contribution >= 0.6 is 0 Å². The molecule has 6 heteroatoms. The molecule has 114 valence electrons. The minimum Gasteiger partial charge on any atom is -0.454 e. The van der Waals surface area contributed by atoms with Gasteiger partial charge in [0.15, 0.2) is 0 Å². The molecule has 0 aliphatic rings. The molecule has 0 saturated carbocycles. The number of ether oxygens (including phenoxy) is 1. The van der Waals surface area contributed by atoms with Gasteiger partial charge in [0.1, 0.15) is 11.4 Å². The van der Waals surface area contributed by atoms with E-state index in [2.05, 4.69) is 5.10 Å². The molecule has 2 heterocycles. The van der Waals surface area contributed by atoms with Crippen LogP contribution in [0.1, 0.15) is 48.5 Å². The van der Waals surface area contributed by atoms with Crippen molar-refractivity contribution in [1.82, 2.24) is 9.78 Å². The predicted molar refractivity (Wildman–Crippen MR) is 79.1 cm³/mol. The van der Waals surface area contributed by atoms with Crippen molar-refractivity contribution >= 4 is 11.7 Å². The summed E-state index contributed by atoms with van der Waals surface area (Å²) < 4.78 is 12.5. The van der Waals surface area contributed by atoms with Crippen LogP contribution in [0.5, 0.6) is 0 Å². The largest absolute Gasteiger partial charge is 0.454 e. The summed E-state index contributed by atoms with van der Waals surface area (Å²) in [6.07, 6.45) is 0. The Morgan fingerprint density at radius 3 is 2.57 bits per heavy atom. The van der Waals surface area contributed by atoms with Gasteiger partial charge >= 0.3 is 5.97 Å². The van der Waals surface area contributed by atoms with Crippen LogP contribution in [0.25, 0.3) is 0 Å². The molecule has 21 heavy (non-hydrogen) atoms. The molecular weight excluding hydrogens is 270 g/mol. The Morgan fingerprint density at radius 1 is 1.38 bits per heavy atom. The molecular formula is C15H21N3O3. The number of nitrogens with zero attached hydrogens (tertiary/aromatic N) is 2. The Balaban J connectivity index is 2.13. The second-order valence-electron chi connectivity index (χ2n) is 6.01. The predicted octanol–water partition coefficient (Wildman–Crippen LogP) is 2.68. The second-order valence-corrected chi connectivity index (χ2v) is 6.01. The van der Waals surface area contributed by atoms with Gasteiger partial charge in [-0.3, -0.25) is 4.68 Å². The summed E-state index contributed by atoms with van der Waals surface area (Å²) in [6.45, 7) is 9.61. The molecule has 0 unspecified atom stereocenters. The van der Waals surface area contributed by atoms with Gasteiger partial charge in [-0.2, -0.15) is 5.10 Å². The van der Waals surface area contributed by atoms with Crippen LogP contribution in [-0.2, 0) is 11.3 Å². The van der Waals surface area contributed by atoms with Crippen LogP contribution in [0.15, 0.2) is 16.5 Å². The van der Waals surface area contributed by atoms with Gasteiger partial charge in [-0.25, -0.2) is 4.79 Å². The normalized spacial score (nSPS) is 11.7. The highest BCUT2D eigenvalue weighted by Crippen LogP contribution is 2.18. The fraction of sp³-hybridized carbons (Fsp3) is 0.467. The Bertz CT molecular complexity index is 662. The van der Waals surface area contributed by atoms with Gasteiger partial charge in [-0.15, -0.1) is 0 Å². The van der Waals surface area contributed by atoms with Crippen molar-refractivity contribution in [2.75, 3.05) is 5.73 Å². The smallest absolute Gasteiger partial charge is 0.374 e. The number of anilines is 1. The Hall–Kier alpha value is -2.24. The van der Waals surface area contributed by atoms with Gasteiger partial charge in [-0.1, -0.05) is 0 Å². The van der Waals surface area contributed by atoms with Crippen molar-refractivity contribution in [1.29, 1.82) is 0 Å². The molecule has 6 nitrogen and oxygen atoms in total. The Labute approximate surface area is 123 Å². The van der Waals surface area contributed by atoms with E-state index in [9.17, 15) is 4.79 Å². The molecule has 2 aromatic heterocycles. The maximum atomic E-state index is 11.9. The van der Waals surface area contributed by atoms with Crippen molar-refractivity contribution in [2.24, 2.45) is 0 Å². The van der Waals surface area contributed by atoms with Crippen molar-refractivity contribution < 1.29 is 13.9 Å². The number of furan rings is 1. The Morgan fingerprint density at radius 2 is 2.05 bits per heavy atom. The maximum Gasteiger partial charge on any atom is 0.374 e. The van der Waals surface area contributed by atoms with Gasteiger partial charge in [0.05, 0.1) is 23.6 Å². The minimum atomic E-state index is -0.547. The summed E-state index contributed by atoms with van der Waals surface area (Å²) >= 11 is 0. The summed E-state index contributed by atoms with van der Waals surface area (Å²) in [5.74, 6) is 0.345. The molecule has 0 fully saturated rings. The van der Waals surface area contributed by atoms with Gasteiger partial charge in [-0.05, 0) is 46.8 Å². The third kappa shape index (κ3) is 3.45. The van der Waals surface area contributed by atoms with Crippen molar-refractivity contribution in [3.05, 3.63) is 35.0 Å². The number of esters is 1. The lowest BCUT2D eigenvalue weighted by Crippen LogP contribution is -2.23. The van der Waals surface area contributed by atoms with E-state index < -0.39 is 11.6 Å². The number of aromatic nitrogens is 2. The first-order valence-corrected chi connectivity index (χ1v) is 6.79. The molecule has 0 spiro atoms. The minimum absolute atomic E-state index is 0.189. The molecule has 0 saturated heterocycles. The summed E-state index contributed by atoms with van der Waals surface area (Å²) in [7, 11) is 0. The second kappa shape index (κ2) is 5.27. The first kappa shape index (κ1) is 15.2. The number of hydrogen-bond acceptors (Lipinski definition) is 5. The summed E-state index contributed by atoms with van der Waals surface area (Å²) in [4.78, 5) is 11.9. The average molecular weight is 291 g/mol. The zero-order valence-electron chi connectivity index (χ0n) is 13.1. The number of carbonyl (C=O) groups is 1. The molecule has 0 amide bonds. The van der Waals surface area contributed by atoms with E-state index in [0.29, 0.717) is 18.0 Å². The van der Waals surface area contributed by atoms with E-state index >= 15 is 0 Å². The van der Waals surface area contributed by atoms with Crippen molar-refractivity contribution in [3.8, 4) is 0 Å². The molecule has 2 N–H and O–H groups in total. The van der Waals surface area contributed by atoms with Gasteiger partial charge in [0, 0.05) is 0 Å². The third-order valence-electron chi connectivity index (χ3n) is 3.00. The zero-order chi connectivity index (χ0) is 15.8. The first-order chi connectivity index (χ1) is 9.67. The fourth-order valence-corrected chi connectivity index (χ4v) is 1.91. The van der Waals surface area contributed by atoms with Crippen molar-refractivity contribution in [2.45, 2.75) is 46.8 Å². The summed E-state index contributed by atoms with van der Waals surface area (Å²) in [6, 6.07) is 3.35. The zero-order valence-corrected chi connectivity index (χ0v) is 13.1. The number of hydrogen-bond donors (Lipinski definition) is 1. The highest BCUT2D eigenvalue weighted by Gasteiger charge is 2.21. The van der Waals surface area contributed by atoms with E-state index in [0.717, 1.165) is 11.4 Å². The van der Waals surface area contributed by atoms with E-state index in [1.807, 2.05) is 34.6 Å². The van der Waals surface area contributed by atoms with Crippen LogP contribution in [-0.4, -0.2) is 21.4 Å². The highest BCUT2D eigenvalue weighted by atomic mass is 16.6. The van der Waals surface area contributed by atoms with Crippen LogP contribution in [0.4, 0.5) is 5.69 Å². The lowest BCUT2D eigenvalue weighted by molar-refractivity contribution is 0.00342. The van der Waals surface area contributed by atoms with Gasteiger partial charge in [0.2, 0.25) is 5.76 Å². The summed E-state index contributed by atoms with van der Waals surface area (Å²) in [5.41, 5.74) is 7.68. The molecule has 0 atom stereocenters. The topological polar surface area (TPSA) is 83.3 Å². The lowest BCUT2D eigenvalue weighted by atomic mass is 10.2.